The molecule has 84 valence electrons. The van der Waals surface area contributed by atoms with Gasteiger partial charge in [0, 0.05) is 0 Å². The zero-order chi connectivity index (χ0) is 11.7. The second kappa shape index (κ2) is 3.86. The predicted octanol–water partition coefficient (Wildman–Crippen LogP) is 2.01. The first kappa shape index (κ1) is 9.77. The molecule has 0 unspecified atom stereocenters. The van der Waals surface area contributed by atoms with Gasteiger partial charge in [-0.05, 0) is 19.1 Å². The van der Waals surface area contributed by atoms with Crippen molar-refractivity contribution in [2.45, 2.75) is 6.92 Å². The molecular formula is C12H11N5. The van der Waals surface area contributed by atoms with Crippen LogP contribution >= 0.6 is 0 Å². The summed E-state index contributed by atoms with van der Waals surface area (Å²) >= 11 is 0. The van der Waals surface area contributed by atoms with E-state index in [1.807, 2.05) is 12.1 Å². The third-order valence-electron chi connectivity index (χ3n) is 2.51. The van der Waals surface area contributed by atoms with Gasteiger partial charge in [0.25, 0.3) is 0 Å². The fourth-order valence-corrected chi connectivity index (χ4v) is 1.62. The monoisotopic (exact) mass is 225 g/mol. The first-order valence-electron chi connectivity index (χ1n) is 5.30. The van der Waals surface area contributed by atoms with Gasteiger partial charge in [0.05, 0.1) is 11.9 Å². The van der Waals surface area contributed by atoms with E-state index < -0.39 is 0 Å². The number of nitrogens with zero attached hydrogens (tertiary/aromatic N) is 4. The van der Waals surface area contributed by atoms with E-state index in [-0.39, 0.29) is 0 Å². The van der Waals surface area contributed by atoms with Crippen molar-refractivity contribution in [2.24, 2.45) is 0 Å². The number of fused-ring (bicyclic) bond motifs is 1. The molecule has 2 aromatic heterocycles. The Bertz CT molecular complexity index is 641. The standard InChI is InChI=1S/C12H11N5/c1-9-2-4-10(5-3-9)16-17-8-15-11-6-13-7-14-12(11)17/h2-8,16H,1H3. The molecule has 1 aromatic carbocycles. The highest BCUT2D eigenvalue weighted by Crippen LogP contribution is 2.12. The fourth-order valence-electron chi connectivity index (χ4n) is 1.62. The highest BCUT2D eigenvalue weighted by molar-refractivity contribution is 5.69. The van der Waals surface area contributed by atoms with E-state index in [2.05, 4.69) is 39.4 Å². The van der Waals surface area contributed by atoms with Gasteiger partial charge in [0.1, 0.15) is 18.2 Å². The number of hydrogen-bond acceptors (Lipinski definition) is 4. The third-order valence-corrected chi connectivity index (χ3v) is 2.51. The number of hydrogen-bond donors (Lipinski definition) is 1. The van der Waals surface area contributed by atoms with Crippen molar-refractivity contribution in [3.05, 3.63) is 48.7 Å². The number of aromatic nitrogens is 4. The van der Waals surface area contributed by atoms with Crippen molar-refractivity contribution < 1.29 is 0 Å². The zero-order valence-corrected chi connectivity index (χ0v) is 9.33. The molecule has 17 heavy (non-hydrogen) atoms. The summed E-state index contributed by atoms with van der Waals surface area (Å²) < 4.78 is 1.78. The molecule has 0 saturated carbocycles. The third kappa shape index (κ3) is 1.82. The number of aryl methyl sites for hydroxylation is 1. The SMILES string of the molecule is Cc1ccc(Nn2cnc3cncnc32)cc1. The van der Waals surface area contributed by atoms with Gasteiger partial charge in [-0.1, -0.05) is 17.7 Å². The molecule has 0 amide bonds. The van der Waals surface area contributed by atoms with Gasteiger partial charge in [-0.2, -0.15) is 0 Å². The number of benzene rings is 1. The number of imidazole rings is 1. The average molecular weight is 225 g/mol. The maximum absolute atomic E-state index is 4.21. The molecule has 0 spiro atoms. The summed E-state index contributed by atoms with van der Waals surface area (Å²) in [7, 11) is 0. The van der Waals surface area contributed by atoms with Gasteiger partial charge in [0.15, 0.2) is 5.65 Å². The number of anilines is 1. The van der Waals surface area contributed by atoms with E-state index in [4.69, 9.17) is 0 Å². The van der Waals surface area contributed by atoms with Gasteiger partial charge in [-0.15, -0.1) is 0 Å². The summed E-state index contributed by atoms with van der Waals surface area (Å²) in [6, 6.07) is 8.14. The van der Waals surface area contributed by atoms with Crippen molar-refractivity contribution in [1.82, 2.24) is 19.6 Å². The molecule has 1 N–H and O–H groups in total. The van der Waals surface area contributed by atoms with Crippen molar-refractivity contribution in [3.63, 3.8) is 0 Å². The van der Waals surface area contributed by atoms with Crippen LogP contribution < -0.4 is 5.43 Å². The van der Waals surface area contributed by atoms with Crippen molar-refractivity contribution in [2.75, 3.05) is 5.43 Å². The second-order valence-corrected chi connectivity index (χ2v) is 3.82. The van der Waals surface area contributed by atoms with Crippen molar-refractivity contribution in [1.29, 1.82) is 0 Å². The Labute approximate surface area is 98.1 Å². The highest BCUT2D eigenvalue weighted by atomic mass is 15.4. The Hall–Kier alpha value is -2.43. The van der Waals surface area contributed by atoms with E-state index in [9.17, 15) is 0 Å². The maximum atomic E-state index is 4.21. The summed E-state index contributed by atoms with van der Waals surface area (Å²) in [6.45, 7) is 2.06. The average Bonchev–Trinajstić information content (AvgIpc) is 2.76. The molecule has 3 aromatic rings. The van der Waals surface area contributed by atoms with E-state index in [0.717, 1.165) is 16.9 Å². The van der Waals surface area contributed by atoms with Crippen LogP contribution in [-0.2, 0) is 0 Å². The molecule has 0 aliphatic rings. The maximum Gasteiger partial charge on any atom is 0.182 e. The van der Waals surface area contributed by atoms with Gasteiger partial charge in [0.2, 0.25) is 0 Å². The molecule has 2 heterocycles. The summed E-state index contributed by atoms with van der Waals surface area (Å²) in [6.07, 6.45) is 4.90. The van der Waals surface area contributed by atoms with Crippen LogP contribution in [-0.4, -0.2) is 19.6 Å². The number of nitrogens with one attached hydrogen (secondary N) is 1. The lowest BCUT2D eigenvalue weighted by atomic mass is 10.2. The Balaban J connectivity index is 1.97. The summed E-state index contributed by atoms with van der Waals surface area (Å²) in [5.41, 5.74) is 6.98. The normalized spacial score (nSPS) is 10.6. The minimum Gasteiger partial charge on any atom is -0.291 e. The van der Waals surface area contributed by atoms with Crippen LogP contribution in [0.15, 0.2) is 43.1 Å². The van der Waals surface area contributed by atoms with Crippen LogP contribution in [0.2, 0.25) is 0 Å². The molecule has 0 atom stereocenters. The van der Waals surface area contributed by atoms with Crippen molar-refractivity contribution >= 4 is 16.9 Å². The van der Waals surface area contributed by atoms with E-state index in [1.165, 1.54) is 11.9 Å². The van der Waals surface area contributed by atoms with Crippen LogP contribution in [0.4, 0.5) is 5.69 Å². The van der Waals surface area contributed by atoms with Crippen LogP contribution in [0.1, 0.15) is 5.56 Å². The minimum atomic E-state index is 0.764. The van der Waals surface area contributed by atoms with Crippen LogP contribution in [0, 0.1) is 6.92 Å². The van der Waals surface area contributed by atoms with Gasteiger partial charge in [-0.3, -0.25) is 5.43 Å². The summed E-state index contributed by atoms with van der Waals surface area (Å²) in [5.74, 6) is 0. The minimum absolute atomic E-state index is 0.764. The second-order valence-electron chi connectivity index (χ2n) is 3.82. The quantitative estimate of drug-likeness (QED) is 0.724. The predicted molar refractivity (Wildman–Crippen MR) is 65.5 cm³/mol. The van der Waals surface area contributed by atoms with E-state index in [1.54, 1.807) is 17.2 Å². The van der Waals surface area contributed by atoms with Gasteiger partial charge < -0.3 is 0 Å². The molecule has 0 saturated heterocycles. The fraction of sp³-hybridized carbons (Fsp3) is 0.0833. The van der Waals surface area contributed by atoms with Gasteiger partial charge in [-0.25, -0.2) is 19.6 Å². The Morgan fingerprint density at radius 2 is 1.94 bits per heavy atom. The molecule has 0 radical (unpaired) electrons. The molecule has 0 bridgehead atoms. The Kier molecular flexibility index (Phi) is 2.22. The highest BCUT2D eigenvalue weighted by Gasteiger charge is 2.02. The molecular weight excluding hydrogens is 214 g/mol. The first-order valence-corrected chi connectivity index (χ1v) is 5.30. The topological polar surface area (TPSA) is 55.6 Å². The smallest absolute Gasteiger partial charge is 0.182 e. The number of rotatable bonds is 2. The Morgan fingerprint density at radius 3 is 2.76 bits per heavy atom. The molecule has 0 fully saturated rings. The van der Waals surface area contributed by atoms with E-state index in [0.29, 0.717) is 0 Å². The lowest BCUT2D eigenvalue weighted by Crippen LogP contribution is -2.07. The van der Waals surface area contributed by atoms with Crippen molar-refractivity contribution in [3.8, 4) is 0 Å². The lowest BCUT2D eigenvalue weighted by Gasteiger charge is -2.07. The Morgan fingerprint density at radius 1 is 1.12 bits per heavy atom. The summed E-state index contributed by atoms with van der Waals surface area (Å²) in [5, 5.41) is 0. The summed E-state index contributed by atoms with van der Waals surface area (Å²) in [4.78, 5) is 12.3. The molecule has 0 aliphatic heterocycles. The molecule has 3 rings (SSSR count). The molecule has 5 nitrogen and oxygen atoms in total. The van der Waals surface area contributed by atoms with Crippen LogP contribution in [0.25, 0.3) is 11.2 Å². The van der Waals surface area contributed by atoms with Crippen LogP contribution in [0.3, 0.4) is 0 Å². The van der Waals surface area contributed by atoms with Gasteiger partial charge >= 0.3 is 0 Å². The molecule has 0 aliphatic carbocycles. The van der Waals surface area contributed by atoms with Crippen LogP contribution in [0.5, 0.6) is 0 Å². The largest absolute Gasteiger partial charge is 0.291 e. The molecule has 5 heteroatoms. The zero-order valence-electron chi connectivity index (χ0n) is 9.33. The van der Waals surface area contributed by atoms with E-state index >= 15 is 0 Å². The lowest BCUT2D eigenvalue weighted by molar-refractivity contribution is 0.966. The first-order chi connectivity index (χ1) is 8.33.